The molecule has 0 radical (unpaired) electrons. The molecule has 2 N–H and O–H groups in total. The van der Waals surface area contributed by atoms with Crippen LogP contribution in [0.25, 0.3) is 10.4 Å². The molecule has 4 rings (SSSR count). The van der Waals surface area contributed by atoms with E-state index in [0.717, 1.165) is 41.0 Å². The molecular weight excluding hydrogens is 464 g/mol. The summed E-state index contributed by atoms with van der Waals surface area (Å²) >= 11 is 1.61. The van der Waals surface area contributed by atoms with Crippen LogP contribution in [0.1, 0.15) is 57.7 Å². The number of alkyl carbamates (subject to hydrolysis) is 1. The number of aromatic nitrogens is 1. The first-order valence-corrected chi connectivity index (χ1v) is 13.1. The average molecular weight is 499 g/mol. The van der Waals surface area contributed by atoms with E-state index in [1.54, 1.807) is 37.0 Å². The van der Waals surface area contributed by atoms with E-state index in [9.17, 15) is 14.4 Å². The van der Waals surface area contributed by atoms with E-state index < -0.39 is 23.8 Å². The van der Waals surface area contributed by atoms with Crippen molar-refractivity contribution in [3.63, 3.8) is 0 Å². The van der Waals surface area contributed by atoms with Crippen molar-refractivity contribution in [1.29, 1.82) is 0 Å². The molecule has 8 nitrogen and oxygen atoms in total. The van der Waals surface area contributed by atoms with Gasteiger partial charge >= 0.3 is 6.09 Å². The summed E-state index contributed by atoms with van der Waals surface area (Å²) in [4.78, 5) is 45.8. The number of rotatable bonds is 7. The molecule has 35 heavy (non-hydrogen) atoms. The van der Waals surface area contributed by atoms with Gasteiger partial charge in [0.25, 0.3) is 0 Å². The Kier molecular flexibility index (Phi) is 7.44. The molecule has 2 atom stereocenters. The molecular formula is C26H34N4O4S. The van der Waals surface area contributed by atoms with Crippen LogP contribution >= 0.6 is 11.3 Å². The van der Waals surface area contributed by atoms with Crippen molar-refractivity contribution in [2.24, 2.45) is 5.92 Å². The number of thiazole rings is 1. The van der Waals surface area contributed by atoms with Crippen LogP contribution in [0, 0.1) is 12.8 Å². The Bertz CT molecular complexity index is 1070. The van der Waals surface area contributed by atoms with Crippen LogP contribution in [0.5, 0.6) is 0 Å². The second-order valence-electron chi connectivity index (χ2n) is 10.3. The van der Waals surface area contributed by atoms with Gasteiger partial charge in [-0.3, -0.25) is 9.59 Å². The number of carbonyl (C=O) groups excluding carboxylic acids is 3. The molecule has 0 bridgehead atoms. The second-order valence-corrected chi connectivity index (χ2v) is 11.2. The predicted molar refractivity (Wildman–Crippen MR) is 135 cm³/mol. The van der Waals surface area contributed by atoms with Crippen molar-refractivity contribution < 1.29 is 19.1 Å². The van der Waals surface area contributed by atoms with Crippen molar-refractivity contribution in [3.8, 4) is 10.4 Å². The summed E-state index contributed by atoms with van der Waals surface area (Å²) in [5.41, 5.74) is 4.30. The first-order valence-electron chi connectivity index (χ1n) is 12.2. The summed E-state index contributed by atoms with van der Waals surface area (Å²) in [7, 11) is 0. The lowest BCUT2D eigenvalue weighted by molar-refractivity contribution is -0.140. The van der Waals surface area contributed by atoms with Gasteiger partial charge in [0.2, 0.25) is 11.8 Å². The van der Waals surface area contributed by atoms with Crippen molar-refractivity contribution in [2.75, 3.05) is 6.54 Å². The molecule has 0 unspecified atom stereocenters. The topological polar surface area (TPSA) is 101 Å². The quantitative estimate of drug-likeness (QED) is 0.600. The molecule has 2 aliphatic rings. The van der Waals surface area contributed by atoms with Crippen molar-refractivity contribution in [2.45, 2.75) is 77.6 Å². The van der Waals surface area contributed by atoms with E-state index in [1.165, 1.54) is 0 Å². The van der Waals surface area contributed by atoms with E-state index in [0.29, 0.717) is 19.5 Å². The summed E-state index contributed by atoms with van der Waals surface area (Å²) in [6, 6.07) is 6.90. The highest BCUT2D eigenvalue weighted by Crippen LogP contribution is 2.35. The van der Waals surface area contributed by atoms with Crippen LogP contribution in [0.2, 0.25) is 0 Å². The number of nitrogens with one attached hydrogen (secondary N) is 2. The number of ether oxygens (including phenoxy) is 1. The summed E-state index contributed by atoms with van der Waals surface area (Å²) in [5, 5.41) is 5.75. The van der Waals surface area contributed by atoms with Gasteiger partial charge in [-0.05, 0) is 70.4 Å². The van der Waals surface area contributed by atoms with E-state index >= 15 is 0 Å². The second kappa shape index (κ2) is 10.4. The van der Waals surface area contributed by atoms with E-state index in [-0.39, 0.29) is 17.7 Å². The molecule has 1 aromatic heterocycles. The van der Waals surface area contributed by atoms with E-state index in [4.69, 9.17) is 4.74 Å². The Labute approximate surface area is 210 Å². The number of aryl methyl sites for hydroxylation is 1. The van der Waals surface area contributed by atoms with Crippen LogP contribution in [-0.4, -0.2) is 52.0 Å². The molecule has 1 saturated carbocycles. The largest absolute Gasteiger partial charge is 0.444 e. The zero-order valence-corrected chi connectivity index (χ0v) is 21.6. The molecule has 1 aromatic carbocycles. The number of carbonyl (C=O) groups is 3. The lowest BCUT2D eigenvalue weighted by atomic mass is 10.1. The van der Waals surface area contributed by atoms with Gasteiger partial charge in [-0.15, -0.1) is 11.3 Å². The minimum atomic E-state index is -0.652. The van der Waals surface area contributed by atoms with Crippen molar-refractivity contribution >= 4 is 29.2 Å². The van der Waals surface area contributed by atoms with Gasteiger partial charge in [-0.25, -0.2) is 9.78 Å². The first-order chi connectivity index (χ1) is 16.6. The monoisotopic (exact) mass is 498 g/mol. The molecule has 1 saturated heterocycles. The summed E-state index contributed by atoms with van der Waals surface area (Å²) < 4.78 is 5.36. The fourth-order valence-corrected chi connectivity index (χ4v) is 5.20. The number of hydrogen-bond acceptors (Lipinski definition) is 6. The highest BCUT2D eigenvalue weighted by atomic mass is 32.1. The Hall–Kier alpha value is -2.94. The van der Waals surface area contributed by atoms with Gasteiger partial charge in [0.15, 0.2) is 0 Å². The smallest absolute Gasteiger partial charge is 0.408 e. The molecule has 2 aromatic rings. The third-order valence-electron chi connectivity index (χ3n) is 6.30. The van der Waals surface area contributed by atoms with Crippen molar-refractivity contribution in [1.82, 2.24) is 20.5 Å². The van der Waals surface area contributed by atoms with Crippen LogP contribution in [0.4, 0.5) is 4.79 Å². The third-order valence-corrected chi connectivity index (χ3v) is 7.28. The average Bonchev–Trinajstić information content (AvgIpc) is 3.35. The lowest BCUT2D eigenvalue weighted by Crippen LogP contribution is -2.54. The Morgan fingerprint density at radius 2 is 1.89 bits per heavy atom. The fraction of sp³-hybridized carbons (Fsp3) is 0.538. The molecule has 188 valence electrons. The van der Waals surface area contributed by atoms with Gasteiger partial charge in [-0.2, -0.15) is 0 Å². The SMILES string of the molecule is Cc1ncsc1-c1ccc(CNC(=O)[C@@H]2CCCN2C(=O)[C@@H](NC(=O)OC(C)(C)C)C2CC2)cc1. The zero-order chi connectivity index (χ0) is 25.2. The molecule has 1 aliphatic heterocycles. The lowest BCUT2D eigenvalue weighted by Gasteiger charge is -2.29. The van der Waals surface area contributed by atoms with E-state index in [2.05, 4.69) is 15.6 Å². The van der Waals surface area contributed by atoms with Crippen LogP contribution in [-0.2, 0) is 20.9 Å². The maximum atomic E-state index is 13.4. The number of hydrogen-bond donors (Lipinski definition) is 2. The van der Waals surface area contributed by atoms with Gasteiger partial charge < -0.3 is 20.3 Å². The molecule has 1 aliphatic carbocycles. The number of likely N-dealkylation sites (tertiary alicyclic amines) is 1. The Balaban J connectivity index is 1.35. The minimum Gasteiger partial charge on any atom is -0.444 e. The van der Waals surface area contributed by atoms with Crippen molar-refractivity contribution in [3.05, 3.63) is 41.0 Å². The molecule has 2 heterocycles. The van der Waals surface area contributed by atoms with E-state index in [1.807, 2.05) is 36.7 Å². The number of amides is 3. The first kappa shape index (κ1) is 25.2. The molecule has 2 fully saturated rings. The molecule has 9 heteroatoms. The van der Waals surface area contributed by atoms with Gasteiger partial charge in [-0.1, -0.05) is 24.3 Å². The molecule has 0 spiro atoms. The standard InChI is InChI=1S/C26H34N4O4S/c1-16-22(35-15-28-16)19-9-7-17(8-10-19)14-27-23(31)20-6-5-13-30(20)24(32)21(18-11-12-18)29-25(33)34-26(2,3)4/h7-10,15,18,20-21H,5-6,11-14H2,1-4H3,(H,27,31)(H,29,33)/t20-,21-/m0/s1. The van der Waals surface area contributed by atoms with Crippen LogP contribution in [0.3, 0.4) is 0 Å². The summed E-state index contributed by atoms with van der Waals surface area (Å²) in [6.07, 6.45) is 2.55. The van der Waals surface area contributed by atoms with Gasteiger partial charge in [0, 0.05) is 13.1 Å². The highest BCUT2D eigenvalue weighted by molar-refractivity contribution is 7.13. The predicted octanol–water partition coefficient (Wildman–Crippen LogP) is 4.03. The maximum Gasteiger partial charge on any atom is 0.408 e. The van der Waals surface area contributed by atoms with Gasteiger partial charge in [0.05, 0.1) is 16.1 Å². The Morgan fingerprint density at radius 1 is 1.17 bits per heavy atom. The Morgan fingerprint density at radius 3 is 2.49 bits per heavy atom. The maximum absolute atomic E-state index is 13.4. The number of nitrogens with zero attached hydrogens (tertiary/aromatic N) is 2. The van der Waals surface area contributed by atoms with Crippen LogP contribution in [0.15, 0.2) is 29.8 Å². The summed E-state index contributed by atoms with van der Waals surface area (Å²) in [5.74, 6) is -0.259. The fourth-order valence-electron chi connectivity index (χ4n) is 4.39. The summed E-state index contributed by atoms with van der Waals surface area (Å²) in [6.45, 7) is 8.26. The molecule has 3 amide bonds. The zero-order valence-electron chi connectivity index (χ0n) is 20.8. The minimum absolute atomic E-state index is 0.0972. The van der Waals surface area contributed by atoms with Gasteiger partial charge in [0.1, 0.15) is 17.7 Å². The highest BCUT2D eigenvalue weighted by Gasteiger charge is 2.44. The van der Waals surface area contributed by atoms with Crippen LogP contribution < -0.4 is 10.6 Å². The third kappa shape index (κ3) is 6.39. The normalized spacial score (nSPS) is 18.7. The number of benzene rings is 1.